The van der Waals surface area contributed by atoms with Gasteiger partial charge >= 0.3 is 0 Å². The molecular formula is C8H18N2O. The smallest absolute Gasteiger partial charge is 0.236 e. The molecule has 0 aliphatic carbocycles. The van der Waals surface area contributed by atoms with Crippen molar-refractivity contribution in [1.29, 1.82) is 0 Å². The predicted molar refractivity (Wildman–Crippen MR) is 46.4 cm³/mol. The molecule has 0 spiro atoms. The van der Waals surface area contributed by atoms with Crippen molar-refractivity contribution in [2.24, 2.45) is 0 Å². The van der Waals surface area contributed by atoms with E-state index >= 15 is 0 Å². The molecule has 0 aromatic carbocycles. The largest absolute Gasteiger partial charge is 0.358 e. The summed E-state index contributed by atoms with van der Waals surface area (Å²) < 4.78 is 0. The van der Waals surface area contributed by atoms with Crippen molar-refractivity contribution in [3.63, 3.8) is 0 Å². The van der Waals surface area contributed by atoms with Gasteiger partial charge < -0.3 is 10.6 Å². The van der Waals surface area contributed by atoms with E-state index in [0.717, 1.165) is 6.42 Å². The molecule has 0 bridgehead atoms. The minimum atomic E-state index is -0.0417. The van der Waals surface area contributed by atoms with Crippen molar-refractivity contribution in [2.45, 2.75) is 39.3 Å². The summed E-state index contributed by atoms with van der Waals surface area (Å²) in [5.41, 5.74) is 0. The monoisotopic (exact) mass is 158 g/mol. The maximum absolute atomic E-state index is 11.1. The van der Waals surface area contributed by atoms with E-state index in [9.17, 15) is 4.79 Å². The van der Waals surface area contributed by atoms with Gasteiger partial charge in [-0.05, 0) is 6.42 Å². The molecule has 0 aliphatic rings. The lowest BCUT2D eigenvalue weighted by molar-refractivity contribution is -0.122. The maximum Gasteiger partial charge on any atom is 0.236 e. The summed E-state index contributed by atoms with van der Waals surface area (Å²) in [6.07, 6.45) is 0.831. The Bertz CT molecular complexity index is 123. The summed E-state index contributed by atoms with van der Waals surface area (Å²) in [4.78, 5) is 11.1. The van der Waals surface area contributed by atoms with Crippen molar-refractivity contribution >= 4 is 5.91 Å². The van der Waals surface area contributed by atoms with Crippen LogP contribution in [-0.4, -0.2) is 25.0 Å². The summed E-state index contributed by atoms with van der Waals surface area (Å²) in [5, 5.41) is 5.79. The zero-order valence-electron chi connectivity index (χ0n) is 7.77. The lowest BCUT2D eigenvalue weighted by Crippen LogP contribution is -2.45. The van der Waals surface area contributed by atoms with Gasteiger partial charge in [0.25, 0.3) is 0 Å². The van der Waals surface area contributed by atoms with Gasteiger partial charge in [0.1, 0.15) is 0 Å². The molecule has 3 heteroatoms. The van der Waals surface area contributed by atoms with Gasteiger partial charge in [0.2, 0.25) is 5.91 Å². The van der Waals surface area contributed by atoms with Crippen LogP contribution in [0.15, 0.2) is 0 Å². The molecule has 11 heavy (non-hydrogen) atoms. The standard InChI is InChI=1S/C8H18N2O/c1-5-7(8(11)9-4)10-6(2)3/h6-7,10H,5H2,1-4H3,(H,9,11). The summed E-state index contributed by atoms with van der Waals surface area (Å²) in [6, 6.07) is 0.317. The van der Waals surface area contributed by atoms with Gasteiger partial charge in [-0.1, -0.05) is 20.8 Å². The Morgan fingerprint density at radius 3 is 2.27 bits per heavy atom. The Hall–Kier alpha value is -0.570. The first kappa shape index (κ1) is 10.4. The van der Waals surface area contributed by atoms with Crippen molar-refractivity contribution in [3.8, 4) is 0 Å². The average molecular weight is 158 g/mol. The van der Waals surface area contributed by atoms with Gasteiger partial charge in [-0.2, -0.15) is 0 Å². The van der Waals surface area contributed by atoms with Gasteiger partial charge in [0.15, 0.2) is 0 Å². The Kier molecular flexibility index (Phi) is 4.86. The molecule has 0 radical (unpaired) electrons. The third-order valence-electron chi connectivity index (χ3n) is 1.51. The lowest BCUT2D eigenvalue weighted by Gasteiger charge is -2.17. The Balaban J connectivity index is 3.84. The zero-order valence-corrected chi connectivity index (χ0v) is 7.77. The van der Waals surface area contributed by atoms with Crippen molar-refractivity contribution in [3.05, 3.63) is 0 Å². The first-order valence-electron chi connectivity index (χ1n) is 4.09. The second-order valence-electron chi connectivity index (χ2n) is 2.90. The molecule has 1 amide bonds. The molecule has 1 atom stereocenters. The first-order valence-corrected chi connectivity index (χ1v) is 4.09. The fourth-order valence-electron chi connectivity index (χ4n) is 0.956. The van der Waals surface area contributed by atoms with E-state index in [1.54, 1.807) is 7.05 Å². The minimum absolute atomic E-state index is 0.0417. The van der Waals surface area contributed by atoms with Gasteiger partial charge in [-0.3, -0.25) is 4.79 Å². The number of carbonyl (C=O) groups is 1. The molecule has 2 N–H and O–H groups in total. The topological polar surface area (TPSA) is 41.1 Å². The maximum atomic E-state index is 11.1. The first-order chi connectivity index (χ1) is 5.11. The number of hydrogen-bond acceptors (Lipinski definition) is 2. The fraction of sp³-hybridized carbons (Fsp3) is 0.875. The molecule has 0 heterocycles. The van der Waals surface area contributed by atoms with Crippen molar-refractivity contribution in [2.75, 3.05) is 7.05 Å². The third-order valence-corrected chi connectivity index (χ3v) is 1.51. The van der Waals surface area contributed by atoms with Gasteiger partial charge in [-0.25, -0.2) is 0 Å². The quantitative estimate of drug-likeness (QED) is 0.626. The molecule has 66 valence electrons. The minimum Gasteiger partial charge on any atom is -0.358 e. The average Bonchev–Trinajstić information content (AvgIpc) is 1.98. The normalized spacial score (nSPS) is 13.2. The zero-order chi connectivity index (χ0) is 8.85. The molecule has 0 fully saturated rings. The van der Waals surface area contributed by atoms with Crippen LogP contribution in [-0.2, 0) is 4.79 Å². The summed E-state index contributed by atoms with van der Waals surface area (Å²) in [7, 11) is 1.66. The van der Waals surface area contributed by atoms with Gasteiger partial charge in [-0.15, -0.1) is 0 Å². The van der Waals surface area contributed by atoms with E-state index in [0.29, 0.717) is 6.04 Å². The Labute approximate surface area is 68.6 Å². The number of likely N-dealkylation sites (N-methyl/N-ethyl adjacent to an activating group) is 1. The van der Waals surface area contributed by atoms with E-state index in [1.807, 2.05) is 20.8 Å². The number of amides is 1. The van der Waals surface area contributed by atoms with Crippen LogP contribution >= 0.6 is 0 Å². The molecule has 1 unspecified atom stereocenters. The molecule has 0 aromatic rings. The van der Waals surface area contributed by atoms with Crippen molar-refractivity contribution < 1.29 is 4.79 Å². The molecule has 0 aliphatic heterocycles. The van der Waals surface area contributed by atoms with E-state index in [2.05, 4.69) is 10.6 Å². The number of nitrogens with one attached hydrogen (secondary N) is 2. The lowest BCUT2D eigenvalue weighted by atomic mass is 10.2. The highest BCUT2D eigenvalue weighted by Crippen LogP contribution is 1.92. The van der Waals surface area contributed by atoms with Crippen LogP contribution < -0.4 is 10.6 Å². The van der Waals surface area contributed by atoms with Crippen LogP contribution in [0.3, 0.4) is 0 Å². The molecular weight excluding hydrogens is 140 g/mol. The van der Waals surface area contributed by atoms with Crippen LogP contribution in [0.1, 0.15) is 27.2 Å². The third kappa shape index (κ3) is 3.98. The summed E-state index contributed by atoms with van der Waals surface area (Å²) in [5.74, 6) is 0.0706. The second kappa shape index (κ2) is 5.13. The number of carbonyl (C=O) groups excluding carboxylic acids is 1. The SMILES string of the molecule is CCC(NC(C)C)C(=O)NC. The predicted octanol–water partition coefficient (Wildman–Crippen LogP) is 0.509. The highest BCUT2D eigenvalue weighted by atomic mass is 16.2. The fourth-order valence-corrected chi connectivity index (χ4v) is 0.956. The van der Waals surface area contributed by atoms with E-state index in [4.69, 9.17) is 0 Å². The number of hydrogen-bond donors (Lipinski definition) is 2. The number of rotatable bonds is 4. The highest BCUT2D eigenvalue weighted by Gasteiger charge is 2.14. The molecule has 0 rings (SSSR count). The van der Waals surface area contributed by atoms with E-state index in [1.165, 1.54) is 0 Å². The molecule has 0 saturated heterocycles. The second-order valence-corrected chi connectivity index (χ2v) is 2.90. The van der Waals surface area contributed by atoms with Crippen LogP contribution in [0.25, 0.3) is 0 Å². The molecule has 3 nitrogen and oxygen atoms in total. The van der Waals surface area contributed by atoms with Crippen LogP contribution in [0.5, 0.6) is 0 Å². The van der Waals surface area contributed by atoms with Gasteiger partial charge in [0, 0.05) is 13.1 Å². The molecule has 0 aromatic heterocycles. The molecule has 0 saturated carbocycles. The highest BCUT2D eigenvalue weighted by molar-refractivity contribution is 5.81. The van der Waals surface area contributed by atoms with Crippen LogP contribution in [0.4, 0.5) is 0 Å². The van der Waals surface area contributed by atoms with E-state index in [-0.39, 0.29) is 11.9 Å². The van der Waals surface area contributed by atoms with Crippen molar-refractivity contribution in [1.82, 2.24) is 10.6 Å². The van der Waals surface area contributed by atoms with Crippen LogP contribution in [0.2, 0.25) is 0 Å². The summed E-state index contributed by atoms with van der Waals surface area (Å²) in [6.45, 7) is 6.06. The Morgan fingerprint density at radius 2 is 2.00 bits per heavy atom. The summed E-state index contributed by atoms with van der Waals surface area (Å²) >= 11 is 0. The van der Waals surface area contributed by atoms with Gasteiger partial charge in [0.05, 0.1) is 6.04 Å². The van der Waals surface area contributed by atoms with E-state index < -0.39 is 0 Å². The van der Waals surface area contributed by atoms with Crippen LogP contribution in [0, 0.1) is 0 Å². The Morgan fingerprint density at radius 1 is 1.45 bits per heavy atom.